The maximum atomic E-state index is 14.1. The van der Waals surface area contributed by atoms with Crippen LogP contribution in [0.5, 0.6) is 11.5 Å². The van der Waals surface area contributed by atoms with E-state index in [2.05, 4.69) is 23.7 Å². The monoisotopic (exact) mass is 813 g/mol. The summed E-state index contributed by atoms with van der Waals surface area (Å²) in [6, 6.07) is 10.9. The first-order valence-corrected chi connectivity index (χ1v) is 20.8. The standard InChI is InChI=1S/C43H60ClN3O10/c1-4-22-55-43-39(47(18-24-52-25-21-50)42(51)53-23-17-44)28-37(46-56-5-2)35-26-31(12-6-8-19-48)34(14-7-9-20-49)40(41(35)43)36-27-33(15-16-38(36)57-43)54-29-32-13-10-11-30(3)45-32/h4,10-11,13,15-16,26-27,31,34,39-41,48-50H,1,5-9,12,14,17-25,28-29H2,2-3H3/t31-,34+,39-,40+,41+,43+/m0/s1. The molecule has 1 fully saturated rings. The van der Waals surface area contributed by atoms with Crippen molar-refractivity contribution in [3.05, 3.63) is 77.7 Å². The fourth-order valence-corrected chi connectivity index (χ4v) is 8.71. The third kappa shape index (κ3) is 10.9. The van der Waals surface area contributed by atoms with Crippen LogP contribution in [0.4, 0.5) is 4.79 Å². The van der Waals surface area contributed by atoms with Crippen LogP contribution in [0.1, 0.15) is 74.7 Å². The van der Waals surface area contributed by atoms with Gasteiger partial charge in [-0.1, -0.05) is 36.2 Å². The van der Waals surface area contributed by atoms with E-state index in [0.29, 0.717) is 36.7 Å². The van der Waals surface area contributed by atoms with Gasteiger partial charge < -0.3 is 43.8 Å². The van der Waals surface area contributed by atoms with E-state index in [9.17, 15) is 20.1 Å². The van der Waals surface area contributed by atoms with Crippen LogP contribution in [-0.2, 0) is 25.7 Å². The van der Waals surface area contributed by atoms with Crippen molar-refractivity contribution in [3.8, 4) is 11.5 Å². The molecule has 0 radical (unpaired) electrons. The van der Waals surface area contributed by atoms with E-state index in [1.807, 2.05) is 44.2 Å². The Bertz CT molecular complexity index is 1660. The third-order valence-electron chi connectivity index (χ3n) is 10.9. The number of amides is 1. The SMILES string of the molecule is C=CCO[C@@]12Oc3ccc(OCc4cccc(C)n4)cc3[C@H]3[C@H](CCCCO)[C@@H](CCCCO)C=C(C(=NOCC)C[C@@H]1N(CCOCCO)C(=O)OCCCl)[C@H]32. The zero-order chi connectivity index (χ0) is 40.6. The van der Waals surface area contributed by atoms with Gasteiger partial charge in [0.1, 0.15) is 37.4 Å². The van der Waals surface area contributed by atoms with Crippen molar-refractivity contribution in [2.24, 2.45) is 22.9 Å². The number of fused-ring (bicyclic) bond motifs is 2. The van der Waals surface area contributed by atoms with E-state index < -0.39 is 23.8 Å². The van der Waals surface area contributed by atoms with Gasteiger partial charge in [-0.15, -0.1) is 18.2 Å². The normalized spacial score (nSPS) is 24.1. The predicted octanol–water partition coefficient (Wildman–Crippen LogP) is 6.31. The summed E-state index contributed by atoms with van der Waals surface area (Å²) in [6.45, 7) is 8.86. The Labute approximate surface area is 341 Å². The first kappa shape index (κ1) is 44.4. The molecule has 1 saturated carbocycles. The number of hydrogen-bond donors (Lipinski definition) is 3. The van der Waals surface area contributed by atoms with Gasteiger partial charge in [0.15, 0.2) is 0 Å². The minimum absolute atomic E-state index is 0.00823. The van der Waals surface area contributed by atoms with E-state index >= 15 is 0 Å². The molecule has 14 heteroatoms. The van der Waals surface area contributed by atoms with Crippen LogP contribution in [0.3, 0.4) is 0 Å². The molecule has 5 rings (SSSR count). The van der Waals surface area contributed by atoms with Gasteiger partial charge >= 0.3 is 6.09 Å². The van der Waals surface area contributed by atoms with Crippen LogP contribution in [0, 0.1) is 24.7 Å². The molecule has 1 aromatic carbocycles. The van der Waals surface area contributed by atoms with E-state index in [4.69, 9.17) is 45.3 Å². The molecule has 2 aromatic rings. The maximum Gasteiger partial charge on any atom is 0.410 e. The number of alkyl halides is 1. The second kappa shape index (κ2) is 22.4. The van der Waals surface area contributed by atoms with Gasteiger partial charge in [-0.05, 0) is 87.3 Å². The summed E-state index contributed by atoms with van der Waals surface area (Å²) >= 11 is 6.00. The summed E-state index contributed by atoms with van der Waals surface area (Å²) in [6.07, 6.45) is 8.11. The Morgan fingerprint density at radius 1 is 1.09 bits per heavy atom. The Balaban J connectivity index is 1.73. The van der Waals surface area contributed by atoms with Crippen LogP contribution < -0.4 is 9.47 Å². The number of benzene rings is 1. The van der Waals surface area contributed by atoms with Gasteiger partial charge in [0, 0.05) is 43.4 Å². The number of aryl methyl sites for hydroxylation is 1. The van der Waals surface area contributed by atoms with Crippen molar-refractivity contribution in [1.29, 1.82) is 0 Å². The number of carbonyl (C=O) groups excluding carboxylic acids is 1. The Morgan fingerprint density at radius 3 is 2.61 bits per heavy atom. The second-order valence-corrected chi connectivity index (χ2v) is 15.0. The summed E-state index contributed by atoms with van der Waals surface area (Å²) in [4.78, 5) is 26.1. The van der Waals surface area contributed by atoms with Gasteiger partial charge in [-0.25, -0.2) is 4.79 Å². The quantitative estimate of drug-likeness (QED) is 0.0472. The van der Waals surface area contributed by atoms with Crippen molar-refractivity contribution < 1.29 is 48.6 Å². The summed E-state index contributed by atoms with van der Waals surface area (Å²) in [5.41, 5.74) is 4.26. The van der Waals surface area contributed by atoms with Crippen molar-refractivity contribution >= 4 is 23.4 Å². The minimum Gasteiger partial charge on any atom is -0.487 e. The lowest BCUT2D eigenvalue weighted by molar-refractivity contribution is -0.256. The average molecular weight is 814 g/mol. The van der Waals surface area contributed by atoms with Gasteiger partial charge in [0.25, 0.3) is 0 Å². The molecule has 2 heterocycles. The molecule has 3 N–H and O–H groups in total. The molecule has 57 heavy (non-hydrogen) atoms. The zero-order valence-corrected chi connectivity index (χ0v) is 34.1. The van der Waals surface area contributed by atoms with Crippen LogP contribution >= 0.6 is 11.6 Å². The molecule has 0 saturated heterocycles. The van der Waals surface area contributed by atoms with E-state index in [1.165, 1.54) is 0 Å². The van der Waals surface area contributed by atoms with Gasteiger partial charge in [0.2, 0.25) is 5.79 Å². The molecule has 314 valence electrons. The maximum absolute atomic E-state index is 14.1. The number of ether oxygens (including phenoxy) is 5. The van der Waals surface area contributed by atoms with Gasteiger partial charge in [0.05, 0.1) is 49.6 Å². The molecule has 0 unspecified atom stereocenters. The molecule has 13 nitrogen and oxygen atoms in total. The molecule has 3 aliphatic rings. The highest BCUT2D eigenvalue weighted by Crippen LogP contribution is 2.62. The van der Waals surface area contributed by atoms with Crippen LogP contribution in [0.25, 0.3) is 0 Å². The molecular weight excluding hydrogens is 754 g/mol. The first-order valence-electron chi connectivity index (χ1n) is 20.3. The van der Waals surface area contributed by atoms with Gasteiger partial charge in [-0.3, -0.25) is 9.88 Å². The number of hydrogen-bond acceptors (Lipinski definition) is 12. The summed E-state index contributed by atoms with van der Waals surface area (Å²) < 4.78 is 31.9. The fourth-order valence-electron chi connectivity index (χ4n) is 8.63. The number of pyridine rings is 1. The fraction of sp³-hybridized carbons (Fsp3) is 0.605. The Morgan fingerprint density at radius 2 is 1.89 bits per heavy atom. The summed E-state index contributed by atoms with van der Waals surface area (Å²) in [7, 11) is 0. The van der Waals surface area contributed by atoms with Crippen molar-refractivity contribution in [1.82, 2.24) is 9.88 Å². The molecule has 6 atom stereocenters. The van der Waals surface area contributed by atoms with E-state index in [0.717, 1.165) is 48.2 Å². The Kier molecular flexibility index (Phi) is 17.5. The smallest absolute Gasteiger partial charge is 0.410 e. The van der Waals surface area contributed by atoms with E-state index in [-0.39, 0.29) is 89.5 Å². The largest absolute Gasteiger partial charge is 0.487 e. The molecule has 0 spiro atoms. The minimum atomic E-state index is -1.46. The van der Waals surface area contributed by atoms with Crippen LogP contribution in [0.15, 0.2) is 65.9 Å². The molecule has 0 bridgehead atoms. The number of aromatic nitrogens is 1. The second-order valence-electron chi connectivity index (χ2n) is 14.6. The number of nitrogens with zero attached hydrogens (tertiary/aromatic N) is 3. The number of aliphatic hydroxyl groups excluding tert-OH is 3. The number of rotatable bonds is 24. The molecule has 1 aliphatic heterocycles. The topological polar surface area (TPSA) is 162 Å². The highest BCUT2D eigenvalue weighted by atomic mass is 35.5. The highest BCUT2D eigenvalue weighted by molar-refractivity contribution is 6.18. The number of aliphatic hydroxyl groups is 3. The number of halogens is 1. The summed E-state index contributed by atoms with van der Waals surface area (Å²) in [5, 5.41) is 33.9. The van der Waals surface area contributed by atoms with Crippen LogP contribution in [0.2, 0.25) is 0 Å². The average Bonchev–Trinajstić information content (AvgIpc) is 3.22. The number of oxime groups is 1. The van der Waals surface area contributed by atoms with Crippen molar-refractivity contribution in [3.63, 3.8) is 0 Å². The highest BCUT2D eigenvalue weighted by Gasteiger charge is 2.65. The molecule has 2 aliphatic carbocycles. The van der Waals surface area contributed by atoms with E-state index in [1.54, 1.807) is 11.0 Å². The third-order valence-corrected chi connectivity index (χ3v) is 11.1. The lowest BCUT2D eigenvalue weighted by Crippen LogP contribution is -2.70. The molecular formula is C43H60ClN3O10. The molecule has 1 aromatic heterocycles. The summed E-state index contributed by atoms with van der Waals surface area (Å²) in [5.74, 6) is -0.683. The number of allylic oxidation sites excluding steroid dienone is 1. The first-order chi connectivity index (χ1) is 27.8. The zero-order valence-electron chi connectivity index (χ0n) is 33.4. The number of unbranched alkanes of at least 4 members (excludes halogenated alkanes) is 2. The van der Waals surface area contributed by atoms with Crippen molar-refractivity contribution in [2.45, 2.75) is 83.1 Å². The van der Waals surface area contributed by atoms with Gasteiger partial charge in [-0.2, -0.15) is 0 Å². The number of carbonyl (C=O) groups is 1. The lowest BCUT2D eigenvalue weighted by Gasteiger charge is -2.59. The van der Waals surface area contributed by atoms with Crippen LogP contribution in [-0.4, -0.2) is 114 Å². The predicted molar refractivity (Wildman–Crippen MR) is 217 cm³/mol. The van der Waals surface area contributed by atoms with Crippen molar-refractivity contribution in [2.75, 3.05) is 65.3 Å². The lowest BCUT2D eigenvalue weighted by atomic mass is 9.55. The Hall–Kier alpha value is -3.72. The molecule has 1 amide bonds.